The Morgan fingerprint density at radius 2 is 1.79 bits per heavy atom. The van der Waals surface area contributed by atoms with Gasteiger partial charge in [0.15, 0.2) is 0 Å². The van der Waals surface area contributed by atoms with E-state index in [-0.39, 0.29) is 15.9 Å². The van der Waals surface area contributed by atoms with Gasteiger partial charge in [0.05, 0.1) is 17.2 Å². The van der Waals surface area contributed by atoms with Crippen LogP contribution in [0.1, 0.15) is 67.2 Å². The zero-order valence-corrected chi connectivity index (χ0v) is 14.1. The summed E-state index contributed by atoms with van der Waals surface area (Å²) in [6.45, 7) is 12.9. The maximum atomic E-state index is 12.7. The van der Waals surface area contributed by atoms with E-state index < -0.39 is 10.8 Å². The molecular weight excluding hydrogens is 254 g/mol. The van der Waals surface area contributed by atoms with Gasteiger partial charge in [-0.3, -0.25) is 4.21 Å². The van der Waals surface area contributed by atoms with Crippen molar-refractivity contribution in [2.24, 2.45) is 17.3 Å². The summed E-state index contributed by atoms with van der Waals surface area (Å²) in [6, 6.07) is 2.40. The van der Waals surface area contributed by atoms with Gasteiger partial charge in [-0.05, 0) is 51.4 Å². The molecule has 1 rings (SSSR count). The standard InChI is InChI=1S/C16H29NOS/c1-7-16(5,6)13-9-8-12(11-17)14(10-13)19(18)15(2,3)4/h12-14H,7-10H2,1-6H3. The zero-order chi connectivity index (χ0) is 14.8. The second-order valence-electron chi connectivity index (χ2n) is 7.54. The van der Waals surface area contributed by atoms with Crippen LogP contribution in [0, 0.1) is 28.6 Å². The van der Waals surface area contributed by atoms with Crippen LogP contribution < -0.4 is 0 Å². The van der Waals surface area contributed by atoms with Crippen molar-refractivity contribution in [1.82, 2.24) is 0 Å². The van der Waals surface area contributed by atoms with Gasteiger partial charge < -0.3 is 0 Å². The monoisotopic (exact) mass is 283 g/mol. The molecule has 0 aliphatic heterocycles. The van der Waals surface area contributed by atoms with Gasteiger partial charge in [0.2, 0.25) is 0 Å². The lowest BCUT2D eigenvalue weighted by Crippen LogP contribution is -2.42. The third-order valence-electron chi connectivity index (χ3n) is 4.85. The van der Waals surface area contributed by atoms with Crippen LogP contribution in [0.3, 0.4) is 0 Å². The molecule has 4 atom stereocenters. The van der Waals surface area contributed by atoms with Crippen molar-refractivity contribution in [2.45, 2.75) is 77.2 Å². The summed E-state index contributed by atoms with van der Waals surface area (Å²) in [5.74, 6) is 0.572. The minimum atomic E-state index is -0.934. The molecule has 0 bridgehead atoms. The molecule has 110 valence electrons. The molecule has 1 fully saturated rings. The maximum Gasteiger partial charge on any atom is 0.0668 e. The minimum Gasteiger partial charge on any atom is -0.259 e. The Labute approximate surface area is 121 Å². The summed E-state index contributed by atoms with van der Waals surface area (Å²) in [4.78, 5) is 0. The lowest BCUT2D eigenvalue weighted by molar-refractivity contribution is 0.142. The van der Waals surface area contributed by atoms with Gasteiger partial charge in [-0.1, -0.05) is 27.2 Å². The predicted molar refractivity (Wildman–Crippen MR) is 82.2 cm³/mol. The molecule has 1 aliphatic rings. The van der Waals surface area contributed by atoms with Crippen molar-refractivity contribution < 1.29 is 4.21 Å². The summed E-state index contributed by atoms with van der Waals surface area (Å²) in [5, 5.41) is 9.39. The van der Waals surface area contributed by atoms with E-state index in [0.717, 1.165) is 25.7 Å². The van der Waals surface area contributed by atoms with E-state index >= 15 is 0 Å². The van der Waals surface area contributed by atoms with Gasteiger partial charge >= 0.3 is 0 Å². The van der Waals surface area contributed by atoms with Crippen LogP contribution in [0.4, 0.5) is 0 Å². The normalized spacial score (nSPS) is 30.7. The second-order valence-corrected chi connectivity index (χ2v) is 9.96. The molecule has 1 saturated carbocycles. The quantitative estimate of drug-likeness (QED) is 0.775. The average Bonchev–Trinajstić information content (AvgIpc) is 2.35. The average molecular weight is 283 g/mol. The van der Waals surface area contributed by atoms with E-state index in [4.69, 9.17) is 0 Å². The molecule has 0 saturated heterocycles. The van der Waals surface area contributed by atoms with Crippen LogP contribution in [0.25, 0.3) is 0 Å². The Balaban J connectivity index is 2.93. The Morgan fingerprint density at radius 1 is 1.21 bits per heavy atom. The lowest BCUT2D eigenvalue weighted by Gasteiger charge is -2.42. The van der Waals surface area contributed by atoms with Crippen LogP contribution in [-0.2, 0) is 10.8 Å². The zero-order valence-electron chi connectivity index (χ0n) is 13.3. The van der Waals surface area contributed by atoms with Crippen molar-refractivity contribution in [3.05, 3.63) is 0 Å². The fraction of sp³-hybridized carbons (Fsp3) is 0.938. The second kappa shape index (κ2) is 5.95. The smallest absolute Gasteiger partial charge is 0.0668 e. The van der Waals surface area contributed by atoms with Crippen LogP contribution in [0.5, 0.6) is 0 Å². The van der Waals surface area contributed by atoms with Crippen molar-refractivity contribution >= 4 is 10.8 Å². The largest absolute Gasteiger partial charge is 0.259 e. The van der Waals surface area contributed by atoms with Crippen LogP contribution in [0.15, 0.2) is 0 Å². The fourth-order valence-electron chi connectivity index (χ4n) is 2.97. The summed E-state index contributed by atoms with van der Waals surface area (Å²) >= 11 is 0. The number of rotatable bonds is 3. The topological polar surface area (TPSA) is 40.9 Å². The number of nitriles is 1. The molecule has 0 aromatic carbocycles. The summed E-state index contributed by atoms with van der Waals surface area (Å²) in [6.07, 6.45) is 4.11. The SMILES string of the molecule is CCC(C)(C)C1CCC(C#N)C(S(=O)C(C)(C)C)C1. The highest BCUT2D eigenvalue weighted by Gasteiger charge is 2.42. The molecular formula is C16H29NOS. The summed E-state index contributed by atoms with van der Waals surface area (Å²) < 4.78 is 12.5. The van der Waals surface area contributed by atoms with Gasteiger partial charge in [0.1, 0.15) is 0 Å². The molecule has 0 aromatic heterocycles. The summed E-state index contributed by atoms with van der Waals surface area (Å²) in [7, 11) is -0.934. The first-order valence-corrected chi connectivity index (χ1v) is 8.65. The highest BCUT2D eigenvalue weighted by Crippen LogP contribution is 2.44. The van der Waals surface area contributed by atoms with Gasteiger partial charge in [0, 0.05) is 15.5 Å². The van der Waals surface area contributed by atoms with Gasteiger partial charge in [-0.25, -0.2) is 0 Å². The van der Waals surface area contributed by atoms with Gasteiger partial charge in [0.25, 0.3) is 0 Å². The van der Waals surface area contributed by atoms with Crippen LogP contribution >= 0.6 is 0 Å². The van der Waals surface area contributed by atoms with Crippen LogP contribution in [-0.4, -0.2) is 14.2 Å². The highest BCUT2D eigenvalue weighted by atomic mass is 32.2. The van der Waals surface area contributed by atoms with Crippen LogP contribution in [0.2, 0.25) is 0 Å². The number of nitrogens with zero attached hydrogens (tertiary/aromatic N) is 1. The minimum absolute atomic E-state index is 0.0241. The molecule has 19 heavy (non-hydrogen) atoms. The van der Waals surface area contributed by atoms with Crippen molar-refractivity contribution in [3.8, 4) is 6.07 Å². The van der Waals surface area contributed by atoms with E-state index in [1.54, 1.807) is 0 Å². The Kier molecular flexibility index (Phi) is 5.23. The van der Waals surface area contributed by atoms with E-state index in [2.05, 4.69) is 26.8 Å². The molecule has 1 aliphatic carbocycles. The number of hydrogen-bond donors (Lipinski definition) is 0. The third-order valence-corrected chi connectivity index (χ3v) is 7.13. The first-order valence-electron chi connectivity index (χ1n) is 7.43. The molecule has 0 radical (unpaired) electrons. The molecule has 0 heterocycles. The van der Waals surface area contributed by atoms with Crippen molar-refractivity contribution in [3.63, 3.8) is 0 Å². The van der Waals surface area contributed by atoms with E-state index in [1.165, 1.54) is 0 Å². The fourth-order valence-corrected chi connectivity index (χ4v) is 4.78. The molecule has 0 amide bonds. The molecule has 4 unspecified atom stereocenters. The molecule has 0 spiro atoms. The van der Waals surface area contributed by atoms with Gasteiger partial charge in [-0.15, -0.1) is 0 Å². The number of hydrogen-bond acceptors (Lipinski definition) is 2. The Hall–Kier alpha value is -0.360. The predicted octanol–water partition coefficient (Wildman–Crippen LogP) is 4.28. The summed E-state index contributed by atoms with van der Waals surface area (Å²) in [5.41, 5.74) is 0.292. The Morgan fingerprint density at radius 3 is 2.21 bits per heavy atom. The van der Waals surface area contributed by atoms with E-state index in [9.17, 15) is 9.47 Å². The lowest BCUT2D eigenvalue weighted by atomic mass is 9.67. The first kappa shape index (κ1) is 16.7. The highest BCUT2D eigenvalue weighted by molar-refractivity contribution is 7.87. The molecule has 0 aromatic rings. The van der Waals surface area contributed by atoms with Crippen molar-refractivity contribution in [2.75, 3.05) is 0 Å². The molecule has 0 N–H and O–H groups in total. The maximum absolute atomic E-state index is 12.7. The Bertz CT molecular complexity index is 375. The van der Waals surface area contributed by atoms with E-state index in [1.807, 2.05) is 20.8 Å². The first-order chi connectivity index (χ1) is 8.63. The van der Waals surface area contributed by atoms with Crippen molar-refractivity contribution in [1.29, 1.82) is 5.26 Å². The third kappa shape index (κ3) is 3.81. The molecule has 2 nitrogen and oxygen atoms in total. The molecule has 3 heteroatoms. The van der Waals surface area contributed by atoms with E-state index in [0.29, 0.717) is 11.3 Å². The van der Waals surface area contributed by atoms with Gasteiger partial charge in [-0.2, -0.15) is 5.26 Å².